The highest BCUT2D eigenvalue weighted by atomic mass is 35.5. The van der Waals surface area contributed by atoms with Crippen molar-refractivity contribution < 1.29 is 18.3 Å². The molecule has 2 aliphatic rings. The largest absolute Gasteiger partial charge is 0.390 e. The van der Waals surface area contributed by atoms with E-state index in [1.165, 1.54) is 16.4 Å². The number of halogens is 1. The molecule has 5 nitrogen and oxygen atoms in total. The van der Waals surface area contributed by atoms with Crippen molar-refractivity contribution in [3.8, 4) is 0 Å². The standard InChI is InChI=1S/C16H22ClNO4S/c1-15(19)8-11-22-16(12-15)6-9-18(10-7-16)23(20,21)14-4-2-13(17)3-5-14/h2-5,19H,6-12H2,1H3. The van der Waals surface area contributed by atoms with Gasteiger partial charge in [0.25, 0.3) is 0 Å². The van der Waals surface area contributed by atoms with E-state index in [0.717, 1.165) is 0 Å². The van der Waals surface area contributed by atoms with Crippen LogP contribution in [0.25, 0.3) is 0 Å². The fourth-order valence-corrected chi connectivity index (χ4v) is 5.10. The van der Waals surface area contributed by atoms with Crippen molar-refractivity contribution in [2.24, 2.45) is 0 Å². The molecule has 3 rings (SSSR count). The number of piperidine rings is 1. The summed E-state index contributed by atoms with van der Waals surface area (Å²) < 4.78 is 32.8. The predicted molar refractivity (Wildman–Crippen MR) is 88.0 cm³/mol. The molecule has 0 aliphatic carbocycles. The Morgan fingerprint density at radius 3 is 2.35 bits per heavy atom. The van der Waals surface area contributed by atoms with Gasteiger partial charge in [-0.25, -0.2) is 8.42 Å². The molecule has 1 atom stereocenters. The average molecular weight is 360 g/mol. The van der Waals surface area contributed by atoms with Crippen molar-refractivity contribution in [1.29, 1.82) is 0 Å². The molecule has 1 spiro atoms. The predicted octanol–water partition coefficient (Wildman–Crippen LogP) is 2.42. The van der Waals surface area contributed by atoms with Crippen LogP contribution in [0.3, 0.4) is 0 Å². The van der Waals surface area contributed by atoms with Gasteiger partial charge in [-0.05, 0) is 50.5 Å². The summed E-state index contributed by atoms with van der Waals surface area (Å²) in [5, 5.41) is 10.8. The fraction of sp³-hybridized carbons (Fsp3) is 0.625. The minimum atomic E-state index is -3.51. The van der Waals surface area contributed by atoms with Crippen LogP contribution in [-0.4, -0.2) is 48.7 Å². The molecule has 1 unspecified atom stereocenters. The molecule has 128 valence electrons. The normalized spacial score (nSPS) is 28.8. The Morgan fingerprint density at radius 2 is 1.78 bits per heavy atom. The quantitative estimate of drug-likeness (QED) is 0.880. The third kappa shape index (κ3) is 3.56. The fourth-order valence-electron chi connectivity index (χ4n) is 3.53. The van der Waals surface area contributed by atoms with Gasteiger partial charge in [0.05, 0.1) is 22.7 Å². The van der Waals surface area contributed by atoms with E-state index in [9.17, 15) is 13.5 Å². The second kappa shape index (κ2) is 6.01. The van der Waals surface area contributed by atoms with E-state index in [0.29, 0.717) is 50.4 Å². The minimum Gasteiger partial charge on any atom is -0.390 e. The third-order valence-electron chi connectivity index (χ3n) is 4.84. The molecule has 2 fully saturated rings. The van der Waals surface area contributed by atoms with Crippen molar-refractivity contribution in [3.05, 3.63) is 29.3 Å². The highest BCUT2D eigenvalue weighted by molar-refractivity contribution is 7.89. The summed E-state index contributed by atoms with van der Waals surface area (Å²) in [5.74, 6) is 0. The van der Waals surface area contributed by atoms with Gasteiger partial charge >= 0.3 is 0 Å². The smallest absolute Gasteiger partial charge is 0.243 e. The molecule has 0 aromatic heterocycles. The molecule has 0 saturated carbocycles. The highest BCUT2D eigenvalue weighted by Gasteiger charge is 2.46. The van der Waals surface area contributed by atoms with Gasteiger partial charge in [-0.3, -0.25) is 0 Å². The van der Waals surface area contributed by atoms with E-state index in [4.69, 9.17) is 16.3 Å². The molecular formula is C16H22ClNO4S. The van der Waals surface area contributed by atoms with Gasteiger partial charge in [0.15, 0.2) is 0 Å². The van der Waals surface area contributed by atoms with Gasteiger partial charge in [-0.1, -0.05) is 11.6 Å². The number of aliphatic hydroxyl groups is 1. The number of hydrogen-bond donors (Lipinski definition) is 1. The Hall–Kier alpha value is -0.660. The Labute approximate surface area is 142 Å². The van der Waals surface area contributed by atoms with Crippen LogP contribution in [0.4, 0.5) is 0 Å². The van der Waals surface area contributed by atoms with Crippen LogP contribution in [0.15, 0.2) is 29.2 Å². The van der Waals surface area contributed by atoms with E-state index < -0.39 is 21.2 Å². The zero-order chi connectivity index (χ0) is 16.7. The Bertz CT molecular complexity index is 664. The van der Waals surface area contributed by atoms with Gasteiger partial charge in [-0.2, -0.15) is 4.31 Å². The topological polar surface area (TPSA) is 66.8 Å². The number of sulfonamides is 1. The van der Waals surface area contributed by atoms with Crippen LogP contribution in [0.5, 0.6) is 0 Å². The zero-order valence-corrected chi connectivity index (χ0v) is 14.7. The summed E-state index contributed by atoms with van der Waals surface area (Å²) >= 11 is 5.82. The third-order valence-corrected chi connectivity index (χ3v) is 7.00. The van der Waals surface area contributed by atoms with Crippen LogP contribution in [-0.2, 0) is 14.8 Å². The maximum absolute atomic E-state index is 12.7. The molecule has 2 saturated heterocycles. The van der Waals surface area contributed by atoms with E-state index >= 15 is 0 Å². The summed E-state index contributed by atoms with van der Waals surface area (Å²) in [7, 11) is -3.51. The first kappa shape index (κ1) is 17.2. The van der Waals surface area contributed by atoms with Gasteiger partial charge in [0.1, 0.15) is 0 Å². The molecule has 0 amide bonds. The van der Waals surface area contributed by atoms with Crippen molar-refractivity contribution in [2.45, 2.75) is 48.7 Å². The van der Waals surface area contributed by atoms with Gasteiger partial charge in [-0.15, -0.1) is 0 Å². The lowest BCUT2D eigenvalue weighted by Crippen LogP contribution is -2.54. The lowest BCUT2D eigenvalue weighted by molar-refractivity contribution is -0.168. The number of hydrogen-bond acceptors (Lipinski definition) is 4. The van der Waals surface area contributed by atoms with Gasteiger partial charge < -0.3 is 9.84 Å². The average Bonchev–Trinajstić information content (AvgIpc) is 2.47. The first-order valence-corrected chi connectivity index (χ1v) is 9.67. The van der Waals surface area contributed by atoms with E-state index in [2.05, 4.69) is 0 Å². The zero-order valence-electron chi connectivity index (χ0n) is 13.2. The Morgan fingerprint density at radius 1 is 1.17 bits per heavy atom. The number of nitrogens with zero attached hydrogens (tertiary/aromatic N) is 1. The SMILES string of the molecule is CC1(O)CCOC2(CCN(S(=O)(=O)c3ccc(Cl)cc3)CC2)C1. The van der Waals surface area contributed by atoms with Crippen LogP contribution in [0.1, 0.15) is 32.6 Å². The van der Waals surface area contributed by atoms with Crippen LogP contribution in [0, 0.1) is 0 Å². The first-order chi connectivity index (χ1) is 10.7. The lowest BCUT2D eigenvalue weighted by Gasteiger charge is -2.47. The maximum Gasteiger partial charge on any atom is 0.243 e. The number of ether oxygens (including phenoxy) is 1. The highest BCUT2D eigenvalue weighted by Crippen LogP contribution is 2.40. The molecular weight excluding hydrogens is 338 g/mol. The molecule has 1 N–H and O–H groups in total. The van der Waals surface area contributed by atoms with E-state index in [1.54, 1.807) is 12.1 Å². The van der Waals surface area contributed by atoms with Crippen LogP contribution >= 0.6 is 11.6 Å². The summed E-state index contributed by atoms with van der Waals surface area (Å²) in [6.45, 7) is 3.16. The van der Waals surface area contributed by atoms with E-state index in [1.807, 2.05) is 6.92 Å². The monoisotopic (exact) mass is 359 g/mol. The molecule has 7 heteroatoms. The Balaban J connectivity index is 1.72. The van der Waals surface area contributed by atoms with Crippen molar-refractivity contribution in [3.63, 3.8) is 0 Å². The number of rotatable bonds is 2. The van der Waals surface area contributed by atoms with Crippen molar-refractivity contribution in [1.82, 2.24) is 4.31 Å². The summed E-state index contributed by atoms with van der Waals surface area (Å²) in [5.41, 5.74) is -1.12. The van der Waals surface area contributed by atoms with Crippen molar-refractivity contribution >= 4 is 21.6 Å². The molecule has 1 aromatic carbocycles. The first-order valence-electron chi connectivity index (χ1n) is 7.85. The molecule has 1 aromatic rings. The van der Waals surface area contributed by atoms with Crippen LogP contribution in [0.2, 0.25) is 5.02 Å². The molecule has 23 heavy (non-hydrogen) atoms. The Kier molecular flexibility index (Phi) is 4.48. The lowest BCUT2D eigenvalue weighted by atomic mass is 9.78. The number of benzene rings is 1. The van der Waals surface area contributed by atoms with Crippen molar-refractivity contribution in [2.75, 3.05) is 19.7 Å². The van der Waals surface area contributed by atoms with Gasteiger partial charge in [0.2, 0.25) is 10.0 Å². The summed E-state index contributed by atoms with van der Waals surface area (Å²) in [4.78, 5) is 0.259. The summed E-state index contributed by atoms with van der Waals surface area (Å²) in [6, 6.07) is 6.23. The molecule has 2 heterocycles. The minimum absolute atomic E-state index is 0.259. The second-order valence-electron chi connectivity index (χ2n) is 6.81. The second-order valence-corrected chi connectivity index (χ2v) is 9.19. The summed E-state index contributed by atoms with van der Waals surface area (Å²) in [6.07, 6.45) is 2.41. The van der Waals surface area contributed by atoms with E-state index in [-0.39, 0.29) is 4.90 Å². The van der Waals surface area contributed by atoms with Gasteiger partial charge in [0, 0.05) is 24.5 Å². The maximum atomic E-state index is 12.7. The molecule has 0 bridgehead atoms. The van der Waals surface area contributed by atoms with Crippen LogP contribution < -0.4 is 0 Å². The molecule has 2 aliphatic heterocycles. The molecule has 0 radical (unpaired) electrons.